The zero-order valence-corrected chi connectivity index (χ0v) is 18.7. The average molecular weight is 629 g/mol. The summed E-state index contributed by atoms with van der Waals surface area (Å²) in [5.74, 6) is -1.33. The zero-order valence-electron chi connectivity index (χ0n) is 12.9. The van der Waals surface area contributed by atoms with E-state index in [2.05, 4.69) is 24.4 Å². The van der Waals surface area contributed by atoms with Crippen LogP contribution in [0.25, 0.3) is 0 Å². The molecule has 2 heterocycles. The van der Waals surface area contributed by atoms with E-state index in [0.29, 0.717) is 3.57 Å². The monoisotopic (exact) mass is 628 g/mol. The lowest BCUT2D eigenvalue weighted by Gasteiger charge is -2.02. The van der Waals surface area contributed by atoms with Gasteiger partial charge >= 0.3 is 17.6 Å². The average Bonchev–Trinajstić information content (AvgIpc) is 2.60. The summed E-state index contributed by atoms with van der Waals surface area (Å²) in [4.78, 5) is 55.3. The van der Waals surface area contributed by atoms with Crippen molar-refractivity contribution in [1.29, 1.82) is 0 Å². The molecule has 0 saturated carbocycles. The number of esters is 2. The fourth-order valence-corrected chi connectivity index (χ4v) is 2.67. The number of hydrogen-bond donors (Lipinski definition) is 2. The van der Waals surface area contributed by atoms with E-state index in [9.17, 15) is 19.2 Å². The number of hydrogen-bond acceptors (Lipinski definition) is 8. The zero-order chi connectivity index (χ0) is 20.0. The highest BCUT2D eigenvalue weighted by Crippen LogP contribution is 2.21. The molecule has 0 radical (unpaired) electrons. The summed E-state index contributed by atoms with van der Waals surface area (Å²) in [6.07, 6.45) is 0. The van der Waals surface area contributed by atoms with Crippen LogP contribution in [0.1, 0.15) is 21.0 Å². The Labute approximate surface area is 182 Å². The van der Waals surface area contributed by atoms with Crippen molar-refractivity contribution in [3.8, 4) is 0 Å². The molecule has 0 bridgehead atoms. The van der Waals surface area contributed by atoms with Gasteiger partial charge in [-0.2, -0.15) is 0 Å². The summed E-state index contributed by atoms with van der Waals surface area (Å²) in [6.45, 7) is 0. The number of carbonyl (C=O) groups excluding carboxylic acids is 2. The molecule has 140 valence electrons. The number of ether oxygens (including phenoxy) is 2. The van der Waals surface area contributed by atoms with Gasteiger partial charge in [-0.25, -0.2) is 24.4 Å². The van der Waals surface area contributed by atoms with Crippen LogP contribution in [0.5, 0.6) is 0 Å². The van der Waals surface area contributed by atoms with Crippen molar-refractivity contribution < 1.29 is 19.1 Å². The summed E-state index contributed by atoms with van der Waals surface area (Å²) < 4.78 is 9.36. The molecule has 2 aromatic rings. The molecule has 0 aliphatic carbocycles. The van der Waals surface area contributed by atoms with Crippen LogP contribution in [-0.2, 0) is 9.47 Å². The van der Waals surface area contributed by atoms with E-state index in [1.807, 2.05) is 27.6 Å². The summed E-state index contributed by atoms with van der Waals surface area (Å²) >= 11 is 14.7. The number of carbonyl (C=O) groups is 2. The van der Waals surface area contributed by atoms with Crippen molar-refractivity contribution in [3.63, 3.8) is 0 Å². The van der Waals surface area contributed by atoms with Crippen LogP contribution < -0.4 is 11.2 Å². The maximum Gasteiger partial charge on any atom is 0.358 e. The number of methoxy groups -OCH3 is 2. The second-order valence-electron chi connectivity index (χ2n) is 4.03. The van der Waals surface area contributed by atoms with E-state index in [-0.39, 0.29) is 25.4 Å². The van der Waals surface area contributed by atoms with Gasteiger partial charge in [0, 0.05) is 0 Å². The lowest BCUT2D eigenvalue weighted by atomic mass is 10.4. The smallest absolute Gasteiger partial charge is 0.358 e. The normalized spacial score (nSPS) is 9.77. The van der Waals surface area contributed by atoms with E-state index < -0.39 is 23.2 Å². The van der Waals surface area contributed by atoms with Gasteiger partial charge in [0.1, 0.15) is 14.4 Å². The highest BCUT2D eigenvalue weighted by Gasteiger charge is 2.17. The van der Waals surface area contributed by atoms with E-state index in [0.717, 1.165) is 7.11 Å². The van der Waals surface area contributed by atoms with Crippen LogP contribution in [0.2, 0.25) is 10.4 Å². The Bertz CT molecular complexity index is 962. The molecule has 0 fully saturated rings. The molecule has 0 saturated heterocycles. The Kier molecular flexibility index (Phi) is 8.91. The molecule has 0 atom stereocenters. The topological polar surface area (TPSA) is 144 Å². The fraction of sp³-hybridized carbons (Fsp3) is 0.167. The van der Waals surface area contributed by atoms with Crippen LogP contribution in [-0.4, -0.2) is 46.1 Å². The maximum atomic E-state index is 11.1. The molecule has 2 rings (SSSR count). The number of aromatic nitrogens is 4. The Morgan fingerprint density at radius 3 is 2.08 bits per heavy atom. The van der Waals surface area contributed by atoms with Crippen molar-refractivity contribution in [2.45, 2.75) is 0 Å². The first-order valence-electron chi connectivity index (χ1n) is 6.19. The first-order valence-corrected chi connectivity index (χ1v) is 9.11. The van der Waals surface area contributed by atoms with Crippen molar-refractivity contribution in [2.75, 3.05) is 14.2 Å². The van der Waals surface area contributed by atoms with E-state index in [1.165, 1.54) is 7.11 Å². The van der Waals surface area contributed by atoms with Crippen LogP contribution in [0, 0.1) is 7.14 Å². The van der Waals surface area contributed by atoms with Crippen LogP contribution in [0.3, 0.4) is 0 Å². The Morgan fingerprint density at radius 2 is 1.54 bits per heavy atom. The Morgan fingerprint density at radius 1 is 0.962 bits per heavy atom. The number of halogens is 4. The molecular formula is C12H8Cl2I2N4O6. The van der Waals surface area contributed by atoms with Crippen molar-refractivity contribution in [1.82, 2.24) is 19.9 Å². The lowest BCUT2D eigenvalue weighted by molar-refractivity contribution is 0.0583. The standard InChI is InChI=1S/C6H3Cl2IN2O2.C6H5IN2O4/c1-13-5(12)3-2(9)4(7)11-6(8)10-3;1-13-5(11)3-2(7)4(10)9-6(12)8-3/h1H3;1H3,(H2,8,9,10,12). The highest BCUT2D eigenvalue weighted by molar-refractivity contribution is 14.1. The number of rotatable bonds is 2. The third-order valence-electron chi connectivity index (χ3n) is 2.44. The van der Waals surface area contributed by atoms with Gasteiger partial charge in [-0.15, -0.1) is 0 Å². The van der Waals surface area contributed by atoms with Crippen molar-refractivity contribution in [3.05, 3.63) is 49.8 Å². The van der Waals surface area contributed by atoms with Crippen LogP contribution >= 0.6 is 68.4 Å². The number of H-pyrrole nitrogens is 2. The predicted molar refractivity (Wildman–Crippen MR) is 108 cm³/mol. The Balaban J connectivity index is 0.000000260. The van der Waals surface area contributed by atoms with Gasteiger partial charge in [0.25, 0.3) is 5.56 Å². The minimum absolute atomic E-state index is 0.0769. The van der Waals surface area contributed by atoms with Gasteiger partial charge in [0.2, 0.25) is 5.28 Å². The first kappa shape index (κ1) is 22.8. The minimum Gasteiger partial charge on any atom is -0.464 e. The third-order valence-corrected chi connectivity index (χ3v) is 5.25. The van der Waals surface area contributed by atoms with Gasteiger partial charge in [-0.05, 0) is 56.8 Å². The van der Waals surface area contributed by atoms with Gasteiger partial charge in [-0.3, -0.25) is 9.78 Å². The van der Waals surface area contributed by atoms with Crippen LogP contribution in [0.15, 0.2) is 9.59 Å². The third kappa shape index (κ3) is 5.88. The van der Waals surface area contributed by atoms with Crippen molar-refractivity contribution in [2.24, 2.45) is 0 Å². The fourth-order valence-electron chi connectivity index (χ4n) is 1.34. The molecular weight excluding hydrogens is 621 g/mol. The summed E-state index contributed by atoms with van der Waals surface area (Å²) in [7, 11) is 2.42. The van der Waals surface area contributed by atoms with Crippen molar-refractivity contribution >= 4 is 80.3 Å². The van der Waals surface area contributed by atoms with Gasteiger partial charge in [0.15, 0.2) is 5.69 Å². The summed E-state index contributed by atoms with van der Waals surface area (Å²) in [5.41, 5.74) is -1.39. The second kappa shape index (κ2) is 10.2. The molecule has 2 aromatic heterocycles. The maximum absolute atomic E-state index is 11.1. The molecule has 0 unspecified atom stereocenters. The molecule has 0 spiro atoms. The number of nitrogens with zero attached hydrogens (tertiary/aromatic N) is 2. The molecule has 10 nitrogen and oxygen atoms in total. The first-order chi connectivity index (χ1) is 12.1. The largest absolute Gasteiger partial charge is 0.464 e. The lowest BCUT2D eigenvalue weighted by Crippen LogP contribution is -2.29. The van der Waals surface area contributed by atoms with Gasteiger partial charge in [-0.1, -0.05) is 11.6 Å². The molecule has 0 amide bonds. The number of nitrogens with one attached hydrogen (secondary N) is 2. The molecule has 2 N–H and O–H groups in total. The molecule has 14 heteroatoms. The van der Waals surface area contributed by atoms with E-state index >= 15 is 0 Å². The Hall–Kier alpha value is -1.26. The molecule has 0 aliphatic rings. The van der Waals surface area contributed by atoms with E-state index in [4.69, 9.17) is 23.2 Å². The SMILES string of the molecule is COC(=O)c1[nH]c(=O)[nH]c(=O)c1I.COC(=O)c1nc(Cl)nc(Cl)c1I. The molecule has 26 heavy (non-hydrogen) atoms. The highest BCUT2D eigenvalue weighted by atomic mass is 127. The van der Waals surface area contributed by atoms with Crippen LogP contribution in [0.4, 0.5) is 0 Å². The van der Waals surface area contributed by atoms with Gasteiger partial charge < -0.3 is 14.5 Å². The minimum atomic E-state index is -0.743. The molecule has 0 aromatic carbocycles. The predicted octanol–water partition coefficient (Wildman–Crippen LogP) is 1.63. The number of aromatic amines is 2. The quantitative estimate of drug-likeness (QED) is 0.221. The second-order valence-corrected chi connectivity index (χ2v) is 6.88. The van der Waals surface area contributed by atoms with Gasteiger partial charge in [0.05, 0.1) is 17.8 Å². The summed E-state index contributed by atoms with van der Waals surface area (Å²) in [6, 6.07) is 0. The summed E-state index contributed by atoms with van der Waals surface area (Å²) in [5, 5.41) is 0.0619. The van der Waals surface area contributed by atoms with E-state index in [1.54, 1.807) is 22.6 Å². The molecule has 0 aliphatic heterocycles.